The van der Waals surface area contributed by atoms with Gasteiger partial charge in [0.1, 0.15) is 0 Å². The summed E-state index contributed by atoms with van der Waals surface area (Å²) in [7, 11) is 1.34. The average Bonchev–Trinajstić information content (AvgIpc) is 2.85. The van der Waals surface area contributed by atoms with E-state index in [0.29, 0.717) is 11.3 Å². The van der Waals surface area contributed by atoms with E-state index in [9.17, 15) is 13.6 Å². The number of anilines is 1. The molecule has 0 aliphatic rings. The van der Waals surface area contributed by atoms with Crippen LogP contribution in [0.2, 0.25) is 0 Å². The van der Waals surface area contributed by atoms with Crippen molar-refractivity contribution in [2.75, 3.05) is 12.4 Å². The first-order valence-electron chi connectivity index (χ1n) is 5.68. The van der Waals surface area contributed by atoms with Crippen LogP contribution in [-0.4, -0.2) is 19.6 Å². The third-order valence-electron chi connectivity index (χ3n) is 2.47. The highest BCUT2D eigenvalue weighted by Crippen LogP contribution is 2.31. The van der Waals surface area contributed by atoms with E-state index in [2.05, 4.69) is 26.0 Å². The van der Waals surface area contributed by atoms with Crippen LogP contribution in [0.5, 0.6) is 11.5 Å². The summed E-state index contributed by atoms with van der Waals surface area (Å²) in [5.74, 6) is -0.325. The number of rotatable bonds is 5. The van der Waals surface area contributed by atoms with Crippen molar-refractivity contribution in [3.8, 4) is 11.5 Å². The molecular formula is C13H10BrF2NO3S. The number of methoxy groups -OCH3 is 1. The maximum absolute atomic E-state index is 12.3. The average molecular weight is 378 g/mol. The molecule has 1 amide bonds. The minimum atomic E-state index is -2.97. The molecule has 0 aliphatic heterocycles. The Hall–Kier alpha value is -1.67. The van der Waals surface area contributed by atoms with Crippen LogP contribution in [-0.2, 0) is 0 Å². The zero-order valence-electron chi connectivity index (χ0n) is 10.7. The van der Waals surface area contributed by atoms with Crippen LogP contribution in [0.1, 0.15) is 10.4 Å². The molecule has 0 bridgehead atoms. The molecule has 0 unspecified atom stereocenters. The normalized spacial score (nSPS) is 10.5. The molecule has 0 spiro atoms. The SMILES string of the molecule is COc1ccc(NC(=O)c2csc(Br)c2)cc1OC(F)F. The van der Waals surface area contributed by atoms with Crippen LogP contribution < -0.4 is 14.8 Å². The van der Waals surface area contributed by atoms with Crippen molar-refractivity contribution >= 4 is 38.9 Å². The molecule has 0 saturated carbocycles. The van der Waals surface area contributed by atoms with Crippen LogP contribution in [0.15, 0.2) is 33.4 Å². The van der Waals surface area contributed by atoms with E-state index in [1.807, 2.05) is 0 Å². The molecule has 0 radical (unpaired) electrons. The number of halogens is 3. The summed E-state index contributed by atoms with van der Waals surface area (Å²) in [6.45, 7) is -2.97. The lowest BCUT2D eigenvalue weighted by Crippen LogP contribution is -2.11. The fourth-order valence-electron chi connectivity index (χ4n) is 1.57. The molecule has 112 valence electrons. The van der Waals surface area contributed by atoms with Gasteiger partial charge < -0.3 is 14.8 Å². The summed E-state index contributed by atoms with van der Waals surface area (Å²) >= 11 is 4.64. The highest BCUT2D eigenvalue weighted by molar-refractivity contribution is 9.11. The Morgan fingerprint density at radius 1 is 1.33 bits per heavy atom. The maximum atomic E-state index is 12.3. The second kappa shape index (κ2) is 6.86. The molecule has 4 nitrogen and oxygen atoms in total. The van der Waals surface area contributed by atoms with Crippen molar-refractivity contribution in [1.82, 2.24) is 0 Å². The van der Waals surface area contributed by atoms with Crippen LogP contribution in [0.4, 0.5) is 14.5 Å². The topological polar surface area (TPSA) is 47.6 Å². The molecule has 0 atom stereocenters. The predicted molar refractivity (Wildman–Crippen MR) is 79.6 cm³/mol. The molecule has 2 aromatic rings. The Balaban J connectivity index is 2.18. The Bertz CT molecular complexity index is 648. The van der Waals surface area contributed by atoms with Crippen molar-refractivity contribution in [3.63, 3.8) is 0 Å². The van der Waals surface area contributed by atoms with Gasteiger partial charge in [-0.15, -0.1) is 11.3 Å². The van der Waals surface area contributed by atoms with E-state index in [1.54, 1.807) is 11.4 Å². The molecule has 21 heavy (non-hydrogen) atoms. The first-order valence-corrected chi connectivity index (χ1v) is 7.35. The fraction of sp³-hybridized carbons (Fsp3) is 0.154. The van der Waals surface area contributed by atoms with Gasteiger partial charge in [-0.05, 0) is 34.1 Å². The van der Waals surface area contributed by atoms with Gasteiger partial charge in [0.25, 0.3) is 5.91 Å². The quantitative estimate of drug-likeness (QED) is 0.841. The van der Waals surface area contributed by atoms with Gasteiger partial charge >= 0.3 is 6.61 Å². The summed E-state index contributed by atoms with van der Waals surface area (Å²) in [4.78, 5) is 12.0. The van der Waals surface area contributed by atoms with Crippen LogP contribution in [0.3, 0.4) is 0 Å². The number of alkyl halides is 2. The number of carbonyl (C=O) groups excluding carboxylic acids is 1. The number of nitrogens with one attached hydrogen (secondary N) is 1. The molecule has 0 fully saturated rings. The number of thiophene rings is 1. The van der Waals surface area contributed by atoms with Gasteiger partial charge in [-0.2, -0.15) is 8.78 Å². The monoisotopic (exact) mass is 377 g/mol. The van der Waals surface area contributed by atoms with Gasteiger partial charge in [0.05, 0.1) is 16.5 Å². The van der Waals surface area contributed by atoms with E-state index in [1.165, 1.54) is 36.6 Å². The standard InChI is InChI=1S/C13H10BrF2NO3S/c1-19-9-3-2-8(5-10(9)20-13(15)16)17-12(18)7-4-11(14)21-6-7/h2-6,13H,1H3,(H,17,18). The predicted octanol–water partition coefficient (Wildman–Crippen LogP) is 4.37. The lowest BCUT2D eigenvalue weighted by atomic mass is 10.2. The molecule has 0 saturated heterocycles. The zero-order valence-corrected chi connectivity index (χ0v) is 13.1. The van der Waals surface area contributed by atoms with E-state index in [-0.39, 0.29) is 17.4 Å². The van der Waals surface area contributed by atoms with Crippen LogP contribution in [0, 0.1) is 0 Å². The van der Waals surface area contributed by atoms with Crippen molar-refractivity contribution in [2.24, 2.45) is 0 Å². The largest absolute Gasteiger partial charge is 0.493 e. The highest BCUT2D eigenvalue weighted by Gasteiger charge is 2.13. The molecule has 1 N–H and O–H groups in total. The van der Waals surface area contributed by atoms with E-state index in [4.69, 9.17) is 4.74 Å². The highest BCUT2D eigenvalue weighted by atomic mass is 79.9. The number of hydrogen-bond acceptors (Lipinski definition) is 4. The van der Waals surface area contributed by atoms with Gasteiger partial charge in [-0.25, -0.2) is 0 Å². The number of amides is 1. The van der Waals surface area contributed by atoms with Crippen LogP contribution >= 0.6 is 27.3 Å². The molecule has 8 heteroatoms. The smallest absolute Gasteiger partial charge is 0.387 e. The minimum Gasteiger partial charge on any atom is -0.493 e. The van der Waals surface area contributed by atoms with Gasteiger partial charge in [-0.1, -0.05) is 0 Å². The molecule has 0 aliphatic carbocycles. The molecule has 1 heterocycles. The molecular weight excluding hydrogens is 368 g/mol. The minimum absolute atomic E-state index is 0.142. The number of benzene rings is 1. The van der Waals surface area contributed by atoms with E-state index >= 15 is 0 Å². The summed E-state index contributed by atoms with van der Waals surface area (Å²) in [6.07, 6.45) is 0. The molecule has 2 rings (SSSR count). The summed E-state index contributed by atoms with van der Waals surface area (Å²) in [5, 5.41) is 4.28. The van der Waals surface area contributed by atoms with Crippen molar-refractivity contribution in [1.29, 1.82) is 0 Å². The van der Waals surface area contributed by atoms with Crippen molar-refractivity contribution < 1.29 is 23.0 Å². The summed E-state index contributed by atoms with van der Waals surface area (Å²) < 4.78 is 34.8. The maximum Gasteiger partial charge on any atom is 0.387 e. The van der Waals surface area contributed by atoms with Gasteiger partial charge in [-0.3, -0.25) is 4.79 Å². The summed E-state index contributed by atoms with van der Waals surface area (Å²) in [5.41, 5.74) is 0.804. The number of carbonyl (C=O) groups is 1. The Kier molecular flexibility index (Phi) is 5.13. The zero-order chi connectivity index (χ0) is 15.4. The third kappa shape index (κ3) is 4.15. The number of hydrogen-bond donors (Lipinski definition) is 1. The second-order valence-corrected chi connectivity index (χ2v) is 6.13. The first-order chi connectivity index (χ1) is 9.99. The van der Waals surface area contributed by atoms with E-state index in [0.717, 1.165) is 3.79 Å². The third-order valence-corrected chi connectivity index (χ3v) is 3.97. The summed E-state index contributed by atoms with van der Waals surface area (Å²) in [6, 6.07) is 5.93. The second-order valence-electron chi connectivity index (χ2n) is 3.84. The lowest BCUT2D eigenvalue weighted by Gasteiger charge is -2.12. The molecule has 1 aromatic heterocycles. The van der Waals surface area contributed by atoms with Crippen molar-refractivity contribution in [3.05, 3.63) is 39.0 Å². The lowest BCUT2D eigenvalue weighted by molar-refractivity contribution is -0.0511. The van der Waals surface area contributed by atoms with Crippen LogP contribution in [0.25, 0.3) is 0 Å². The Morgan fingerprint density at radius 3 is 2.67 bits per heavy atom. The Labute approximate surface area is 131 Å². The van der Waals surface area contributed by atoms with Gasteiger partial charge in [0, 0.05) is 17.1 Å². The molecule has 1 aromatic carbocycles. The van der Waals surface area contributed by atoms with E-state index < -0.39 is 6.61 Å². The van der Waals surface area contributed by atoms with Crippen molar-refractivity contribution in [2.45, 2.75) is 6.61 Å². The Morgan fingerprint density at radius 2 is 2.10 bits per heavy atom. The van der Waals surface area contributed by atoms with Gasteiger partial charge in [0.2, 0.25) is 0 Å². The fourth-order valence-corrected chi connectivity index (χ4v) is 2.71. The van der Waals surface area contributed by atoms with Gasteiger partial charge in [0.15, 0.2) is 11.5 Å². The number of ether oxygens (including phenoxy) is 2. The first kappa shape index (κ1) is 15.7.